The van der Waals surface area contributed by atoms with Crippen LogP contribution in [-0.2, 0) is 23.5 Å². The van der Waals surface area contributed by atoms with Gasteiger partial charge < -0.3 is 14.1 Å². The normalized spacial score (nSPS) is 16.0. The van der Waals surface area contributed by atoms with Crippen LogP contribution < -0.4 is 15.9 Å². The zero-order valence-corrected chi connectivity index (χ0v) is 29.8. The smallest absolute Gasteiger partial charge is 0.356 e. The lowest BCUT2D eigenvalue weighted by atomic mass is 10.2. The van der Waals surface area contributed by atoms with Crippen LogP contribution in [0.1, 0.15) is 34.1 Å². The highest BCUT2D eigenvalue weighted by atomic mass is 32.2. The number of amides is 1. The SMILES string of the molecule is C=CCOC(=O)C(N1C[C@H](SC(=O)C[C@@H](C)O[Si](C)(C)C(C)(C)C)C1=O)=P(c1ccccc1)(c1ccccc1)c1ccccc1. The predicted octanol–water partition coefficient (Wildman–Crippen LogP) is 6.11. The van der Waals surface area contributed by atoms with Crippen molar-refractivity contribution < 1.29 is 23.5 Å². The van der Waals surface area contributed by atoms with Crippen molar-refractivity contribution in [3.05, 3.63) is 104 Å². The van der Waals surface area contributed by atoms with E-state index in [2.05, 4.69) is 40.4 Å². The largest absolute Gasteiger partial charge is 0.457 e. The number of hydrogen-bond acceptors (Lipinski definition) is 6. The molecule has 0 unspecified atom stereocenters. The molecule has 2 atom stereocenters. The number of benzene rings is 3. The first-order chi connectivity index (χ1) is 21.3. The van der Waals surface area contributed by atoms with Gasteiger partial charge in [-0.15, -0.1) is 0 Å². The van der Waals surface area contributed by atoms with Gasteiger partial charge in [0, 0.05) is 26.0 Å². The van der Waals surface area contributed by atoms with Gasteiger partial charge in [-0.25, -0.2) is 4.79 Å². The number of hydrogen-bond donors (Lipinski definition) is 0. The van der Waals surface area contributed by atoms with Crippen LogP contribution in [0.4, 0.5) is 0 Å². The van der Waals surface area contributed by atoms with Crippen molar-refractivity contribution in [1.29, 1.82) is 0 Å². The quantitative estimate of drug-likeness (QED) is 0.0767. The van der Waals surface area contributed by atoms with E-state index < -0.39 is 26.4 Å². The van der Waals surface area contributed by atoms with Crippen molar-refractivity contribution >= 4 is 65.3 Å². The summed E-state index contributed by atoms with van der Waals surface area (Å²) in [4.78, 5) is 42.9. The average Bonchev–Trinajstić information content (AvgIpc) is 3.01. The molecule has 238 valence electrons. The molecule has 0 N–H and O–H groups in total. The minimum atomic E-state index is -2.94. The molecule has 0 aromatic heterocycles. The number of thioether (sulfide) groups is 1. The molecule has 1 heterocycles. The Hall–Kier alpha value is -3.16. The second kappa shape index (κ2) is 14.5. The van der Waals surface area contributed by atoms with E-state index in [0.717, 1.165) is 27.7 Å². The van der Waals surface area contributed by atoms with Crippen LogP contribution in [0.2, 0.25) is 18.1 Å². The number of ether oxygens (including phenoxy) is 1. The molecule has 1 aliphatic rings. The van der Waals surface area contributed by atoms with Gasteiger partial charge in [0.05, 0.1) is 0 Å². The fourth-order valence-corrected chi connectivity index (χ4v) is 12.1. The molecular weight excluding hydrogens is 618 g/mol. The summed E-state index contributed by atoms with van der Waals surface area (Å²) in [6, 6.07) is 29.6. The third kappa shape index (κ3) is 7.46. The maximum atomic E-state index is 14.2. The van der Waals surface area contributed by atoms with E-state index in [4.69, 9.17) is 9.16 Å². The van der Waals surface area contributed by atoms with E-state index in [-0.39, 0.29) is 41.7 Å². The molecule has 1 saturated heterocycles. The number of carbonyl (C=O) groups is 3. The standard InChI is InChI=1S/C36H44NO5PSSi/c1-8-24-41-35(40)34(37-26-31(33(37)39)44-32(38)25-27(2)42-45(6,7)36(3,4)5)43(28-18-12-9-13-19-28,29-20-14-10-15-21-29)30-22-16-11-17-23-30/h8-23,27,31H,1,24-26H2,2-7H3/t27-,31+/m1/s1. The third-order valence-electron chi connectivity index (χ3n) is 8.44. The monoisotopic (exact) mass is 661 g/mol. The Balaban J connectivity index is 1.77. The van der Waals surface area contributed by atoms with Crippen LogP contribution in [0.25, 0.3) is 0 Å². The summed E-state index contributed by atoms with van der Waals surface area (Å²) in [5.74, 6) is -0.844. The summed E-state index contributed by atoms with van der Waals surface area (Å²) < 4.78 is 12.1. The minimum absolute atomic E-state index is 0.00547. The van der Waals surface area contributed by atoms with Gasteiger partial charge in [-0.1, -0.05) is 136 Å². The Bertz CT molecular complexity index is 1470. The number of nitrogens with zero attached hydrogens (tertiary/aromatic N) is 1. The van der Waals surface area contributed by atoms with Crippen molar-refractivity contribution in [3.63, 3.8) is 0 Å². The molecule has 1 amide bonds. The van der Waals surface area contributed by atoms with Crippen LogP contribution in [0, 0.1) is 0 Å². The minimum Gasteiger partial charge on any atom is -0.457 e. The van der Waals surface area contributed by atoms with Crippen molar-refractivity contribution in [2.24, 2.45) is 0 Å². The lowest BCUT2D eigenvalue weighted by molar-refractivity contribution is -0.140. The number of esters is 1. The Morgan fingerprint density at radius 1 is 0.956 bits per heavy atom. The zero-order chi connectivity index (χ0) is 32.8. The van der Waals surface area contributed by atoms with E-state index in [1.807, 2.05) is 97.9 Å². The van der Waals surface area contributed by atoms with Gasteiger partial charge in [0.2, 0.25) is 5.91 Å². The molecule has 4 rings (SSSR count). The number of likely N-dealkylation sites (tertiary alicyclic amines) is 1. The maximum Gasteiger partial charge on any atom is 0.356 e. The van der Waals surface area contributed by atoms with Gasteiger partial charge in [-0.3, -0.25) is 9.59 Å². The molecule has 9 heteroatoms. The van der Waals surface area contributed by atoms with E-state index in [1.165, 1.54) is 6.08 Å². The van der Waals surface area contributed by atoms with Gasteiger partial charge in [-0.2, -0.15) is 0 Å². The first kappa shape index (κ1) is 34.7. The third-order valence-corrected chi connectivity index (χ3v) is 18.4. The Labute approximate surface area is 273 Å². The second-order valence-corrected chi connectivity index (χ2v) is 22.0. The maximum absolute atomic E-state index is 14.2. The highest BCUT2D eigenvalue weighted by Crippen LogP contribution is 2.48. The molecule has 0 bridgehead atoms. The summed E-state index contributed by atoms with van der Waals surface area (Å²) in [6.45, 7) is 13.8. The summed E-state index contributed by atoms with van der Waals surface area (Å²) in [7, 11) is -2.04. The molecular formula is C36H44NO5PSSi. The molecule has 45 heavy (non-hydrogen) atoms. The van der Waals surface area contributed by atoms with Crippen molar-refractivity contribution in [2.75, 3.05) is 13.2 Å². The molecule has 0 aliphatic carbocycles. The molecule has 3 aromatic rings. The highest BCUT2D eigenvalue weighted by Gasteiger charge is 2.48. The molecule has 0 saturated carbocycles. The van der Waals surface area contributed by atoms with Crippen LogP contribution >= 0.6 is 18.6 Å². The van der Waals surface area contributed by atoms with Crippen LogP contribution in [0.5, 0.6) is 0 Å². The topological polar surface area (TPSA) is 72.9 Å². The highest BCUT2D eigenvalue weighted by molar-refractivity contribution is 8.14. The Morgan fingerprint density at radius 3 is 1.82 bits per heavy atom. The first-order valence-electron chi connectivity index (χ1n) is 15.2. The van der Waals surface area contributed by atoms with Crippen molar-refractivity contribution in [1.82, 2.24) is 4.90 Å². The number of rotatable bonds is 12. The van der Waals surface area contributed by atoms with E-state index in [0.29, 0.717) is 5.42 Å². The second-order valence-electron chi connectivity index (χ2n) is 12.7. The van der Waals surface area contributed by atoms with E-state index >= 15 is 0 Å². The van der Waals surface area contributed by atoms with Crippen LogP contribution in [0.15, 0.2) is 104 Å². The summed E-state index contributed by atoms with van der Waals surface area (Å²) in [5.41, 5.74) is 0.303. The zero-order valence-electron chi connectivity index (χ0n) is 27.1. The van der Waals surface area contributed by atoms with Gasteiger partial charge in [0.15, 0.2) is 13.4 Å². The molecule has 0 radical (unpaired) electrons. The van der Waals surface area contributed by atoms with Crippen LogP contribution in [-0.4, -0.2) is 60.1 Å². The van der Waals surface area contributed by atoms with Gasteiger partial charge in [0.25, 0.3) is 0 Å². The fourth-order valence-electron chi connectivity index (χ4n) is 5.23. The van der Waals surface area contributed by atoms with Crippen LogP contribution in [0.3, 0.4) is 0 Å². The number of carbonyl (C=O) groups excluding carboxylic acids is 3. The molecule has 1 aliphatic heterocycles. The molecule has 6 nitrogen and oxygen atoms in total. The van der Waals surface area contributed by atoms with Gasteiger partial charge in [0.1, 0.15) is 17.3 Å². The van der Waals surface area contributed by atoms with Gasteiger partial charge in [-0.05, 0) is 41.0 Å². The first-order valence-corrected chi connectivity index (χ1v) is 20.8. The summed E-state index contributed by atoms with van der Waals surface area (Å²) in [5, 5.41) is 2.10. The van der Waals surface area contributed by atoms with Crippen molar-refractivity contribution in [3.8, 4) is 0 Å². The lowest BCUT2D eigenvalue weighted by Gasteiger charge is -2.43. The Kier molecular flexibility index (Phi) is 11.2. The fraction of sp³-hybridized carbons (Fsp3) is 0.333. The van der Waals surface area contributed by atoms with Crippen molar-refractivity contribution in [2.45, 2.75) is 63.6 Å². The molecule has 3 aromatic carbocycles. The molecule has 1 fully saturated rings. The summed E-state index contributed by atoms with van der Waals surface area (Å²) >= 11 is 1.04. The average molecular weight is 662 g/mol. The lowest BCUT2D eigenvalue weighted by Crippen LogP contribution is -2.61. The predicted molar refractivity (Wildman–Crippen MR) is 192 cm³/mol. The van der Waals surface area contributed by atoms with Gasteiger partial charge >= 0.3 is 5.97 Å². The Morgan fingerprint density at radius 2 is 1.42 bits per heavy atom. The van der Waals surface area contributed by atoms with E-state index in [9.17, 15) is 14.4 Å². The summed E-state index contributed by atoms with van der Waals surface area (Å²) in [6.07, 6.45) is 1.49. The van der Waals surface area contributed by atoms with E-state index in [1.54, 1.807) is 4.90 Å². The molecule has 0 spiro atoms. The number of β-lactam (4-membered cyclic amide) rings is 1.